The van der Waals surface area contributed by atoms with E-state index in [1.807, 2.05) is 35.8 Å². The Morgan fingerprint density at radius 1 is 1.00 bits per heavy atom. The molecule has 1 aromatic heterocycles. The molecule has 0 unspecified atom stereocenters. The summed E-state index contributed by atoms with van der Waals surface area (Å²) in [7, 11) is 0. The van der Waals surface area contributed by atoms with Gasteiger partial charge in [-0.1, -0.05) is 23.4 Å². The number of carbonyl (C=O) groups excluding carboxylic acids is 2. The van der Waals surface area contributed by atoms with Gasteiger partial charge in [-0.15, -0.1) is 10.2 Å². The fourth-order valence-corrected chi connectivity index (χ4v) is 3.59. The van der Waals surface area contributed by atoms with Crippen molar-refractivity contribution in [2.45, 2.75) is 25.5 Å². The molecule has 2 N–H and O–H groups in total. The molecule has 0 aliphatic carbocycles. The summed E-state index contributed by atoms with van der Waals surface area (Å²) in [4.78, 5) is 23.3. The number of aromatic nitrogens is 3. The van der Waals surface area contributed by atoms with Crippen LogP contribution in [0.4, 0.5) is 11.4 Å². The van der Waals surface area contributed by atoms with Gasteiger partial charge in [-0.2, -0.15) is 0 Å². The number of amides is 2. The molecule has 7 nitrogen and oxygen atoms in total. The minimum absolute atomic E-state index is 0.142. The van der Waals surface area contributed by atoms with Gasteiger partial charge in [-0.05, 0) is 55.5 Å². The molecule has 9 heteroatoms. The third kappa shape index (κ3) is 5.58. The highest BCUT2D eigenvalue weighted by Crippen LogP contribution is 2.25. The largest absolute Gasteiger partial charge is 0.326 e. The summed E-state index contributed by atoms with van der Waals surface area (Å²) in [6, 6.07) is 14.3. The van der Waals surface area contributed by atoms with Gasteiger partial charge < -0.3 is 15.2 Å². The van der Waals surface area contributed by atoms with Gasteiger partial charge in [0.1, 0.15) is 0 Å². The number of benzene rings is 2. The lowest BCUT2D eigenvalue weighted by atomic mass is 10.2. The van der Waals surface area contributed by atoms with Crippen molar-refractivity contribution in [1.29, 1.82) is 0 Å². The predicted molar refractivity (Wildman–Crippen MR) is 116 cm³/mol. The minimum atomic E-state index is -0.152. The molecule has 0 atom stereocenters. The summed E-state index contributed by atoms with van der Waals surface area (Å²) in [6.07, 6.45) is 0. The molecular weight excluding hydrogens is 410 g/mol. The van der Waals surface area contributed by atoms with Crippen molar-refractivity contribution in [3.05, 3.63) is 53.6 Å². The summed E-state index contributed by atoms with van der Waals surface area (Å²) in [6.45, 7) is 4.13. The van der Waals surface area contributed by atoms with E-state index in [4.69, 9.17) is 11.6 Å². The number of rotatable bonds is 7. The summed E-state index contributed by atoms with van der Waals surface area (Å²) in [5.41, 5.74) is 2.25. The van der Waals surface area contributed by atoms with Crippen LogP contribution < -0.4 is 10.6 Å². The van der Waals surface area contributed by atoms with Crippen molar-refractivity contribution >= 4 is 46.6 Å². The van der Waals surface area contributed by atoms with Gasteiger partial charge in [0.05, 0.1) is 5.75 Å². The summed E-state index contributed by atoms with van der Waals surface area (Å²) >= 11 is 7.27. The van der Waals surface area contributed by atoms with E-state index >= 15 is 0 Å². The highest BCUT2D eigenvalue weighted by Gasteiger charge is 2.14. The molecule has 3 rings (SSSR count). The molecule has 0 fully saturated rings. The second-order valence-corrected chi connectivity index (χ2v) is 7.53. The molecule has 3 aromatic rings. The van der Waals surface area contributed by atoms with Gasteiger partial charge in [0.2, 0.25) is 11.8 Å². The van der Waals surface area contributed by atoms with Crippen LogP contribution in [0.15, 0.2) is 53.7 Å². The van der Waals surface area contributed by atoms with Crippen LogP contribution in [-0.2, 0) is 16.1 Å². The summed E-state index contributed by atoms with van der Waals surface area (Å²) < 4.78 is 1.96. The topological polar surface area (TPSA) is 88.9 Å². The number of halogens is 1. The van der Waals surface area contributed by atoms with E-state index in [2.05, 4.69) is 20.8 Å². The zero-order chi connectivity index (χ0) is 20.8. The molecule has 0 spiro atoms. The summed E-state index contributed by atoms with van der Waals surface area (Å²) in [5, 5.41) is 15.3. The number of hydrogen-bond acceptors (Lipinski definition) is 5. The van der Waals surface area contributed by atoms with E-state index in [0.717, 1.165) is 11.4 Å². The van der Waals surface area contributed by atoms with E-state index in [9.17, 15) is 9.59 Å². The average Bonchev–Trinajstić information content (AvgIpc) is 3.11. The zero-order valence-electron chi connectivity index (χ0n) is 16.0. The molecule has 0 bridgehead atoms. The third-order valence-electron chi connectivity index (χ3n) is 3.96. The van der Waals surface area contributed by atoms with Crippen LogP contribution in [0.25, 0.3) is 11.4 Å². The molecule has 29 heavy (non-hydrogen) atoms. The monoisotopic (exact) mass is 429 g/mol. The van der Waals surface area contributed by atoms with Crippen LogP contribution >= 0.6 is 23.4 Å². The van der Waals surface area contributed by atoms with Crippen LogP contribution in [0, 0.1) is 0 Å². The minimum Gasteiger partial charge on any atom is -0.326 e. The molecule has 0 aliphatic heterocycles. The van der Waals surface area contributed by atoms with E-state index in [1.54, 1.807) is 24.3 Å². The van der Waals surface area contributed by atoms with Crippen molar-refractivity contribution < 1.29 is 9.59 Å². The Kier molecular flexibility index (Phi) is 6.90. The lowest BCUT2D eigenvalue weighted by Crippen LogP contribution is -2.14. The fourth-order valence-electron chi connectivity index (χ4n) is 2.66. The maximum Gasteiger partial charge on any atom is 0.234 e. The van der Waals surface area contributed by atoms with E-state index in [1.165, 1.54) is 18.7 Å². The van der Waals surface area contributed by atoms with Crippen LogP contribution in [-0.4, -0.2) is 32.3 Å². The Labute approximate surface area is 177 Å². The normalized spacial score (nSPS) is 10.6. The van der Waals surface area contributed by atoms with Crippen LogP contribution in [0.2, 0.25) is 5.02 Å². The molecule has 0 radical (unpaired) electrons. The lowest BCUT2D eigenvalue weighted by Gasteiger charge is -2.08. The number of anilines is 2. The molecular formula is C20H20ClN5O2S. The predicted octanol–water partition coefficient (Wildman–Crippen LogP) is 4.31. The van der Waals surface area contributed by atoms with Crippen molar-refractivity contribution in [1.82, 2.24) is 14.8 Å². The Morgan fingerprint density at radius 3 is 2.21 bits per heavy atom. The first kappa shape index (κ1) is 20.9. The average molecular weight is 430 g/mol. The molecule has 0 saturated carbocycles. The first-order valence-corrected chi connectivity index (χ1v) is 10.3. The quantitative estimate of drug-likeness (QED) is 0.546. The molecule has 1 heterocycles. The number of hydrogen-bond donors (Lipinski definition) is 2. The fraction of sp³-hybridized carbons (Fsp3) is 0.200. The Bertz CT molecular complexity index is 1000. The number of thioether (sulfide) groups is 1. The SMILES string of the molecule is CCn1c(SCC(=O)Nc2ccc(NC(C)=O)cc2)nnc1-c1ccc(Cl)cc1. The van der Waals surface area contributed by atoms with Crippen LogP contribution in [0.1, 0.15) is 13.8 Å². The second-order valence-electron chi connectivity index (χ2n) is 6.15. The molecule has 0 aliphatic rings. The van der Waals surface area contributed by atoms with Gasteiger partial charge in [-0.25, -0.2) is 0 Å². The lowest BCUT2D eigenvalue weighted by molar-refractivity contribution is -0.114. The smallest absolute Gasteiger partial charge is 0.234 e. The van der Waals surface area contributed by atoms with Gasteiger partial charge in [0.15, 0.2) is 11.0 Å². The first-order valence-electron chi connectivity index (χ1n) is 8.95. The number of carbonyl (C=O) groups is 2. The molecule has 150 valence electrons. The standard InChI is InChI=1S/C20H20ClN5O2S/c1-3-26-19(14-4-6-15(21)7-5-14)24-25-20(26)29-12-18(28)23-17-10-8-16(9-11-17)22-13(2)27/h4-11H,3,12H2,1-2H3,(H,22,27)(H,23,28). The molecule has 2 amide bonds. The Hall–Kier alpha value is -2.84. The van der Waals surface area contributed by atoms with E-state index in [-0.39, 0.29) is 17.6 Å². The Morgan fingerprint density at radius 2 is 1.62 bits per heavy atom. The number of nitrogens with one attached hydrogen (secondary N) is 2. The highest BCUT2D eigenvalue weighted by atomic mass is 35.5. The number of nitrogens with zero attached hydrogens (tertiary/aromatic N) is 3. The summed E-state index contributed by atoms with van der Waals surface area (Å²) in [5.74, 6) is 0.643. The van der Waals surface area contributed by atoms with Crippen molar-refractivity contribution in [2.75, 3.05) is 16.4 Å². The maximum absolute atomic E-state index is 12.3. The molecule has 2 aromatic carbocycles. The van der Waals surface area contributed by atoms with Crippen molar-refractivity contribution in [2.24, 2.45) is 0 Å². The van der Waals surface area contributed by atoms with Crippen molar-refractivity contribution in [3.8, 4) is 11.4 Å². The highest BCUT2D eigenvalue weighted by molar-refractivity contribution is 7.99. The van der Waals surface area contributed by atoms with Crippen LogP contribution in [0.3, 0.4) is 0 Å². The molecule has 0 saturated heterocycles. The van der Waals surface area contributed by atoms with E-state index < -0.39 is 0 Å². The maximum atomic E-state index is 12.3. The van der Waals surface area contributed by atoms with Gasteiger partial charge in [0, 0.05) is 35.4 Å². The van der Waals surface area contributed by atoms with Gasteiger partial charge >= 0.3 is 0 Å². The second kappa shape index (κ2) is 9.58. The Balaban J connectivity index is 1.61. The first-order chi connectivity index (χ1) is 14.0. The van der Waals surface area contributed by atoms with Crippen molar-refractivity contribution in [3.63, 3.8) is 0 Å². The van der Waals surface area contributed by atoms with Gasteiger partial charge in [0.25, 0.3) is 0 Å². The zero-order valence-corrected chi connectivity index (χ0v) is 17.5. The van der Waals surface area contributed by atoms with Gasteiger partial charge in [-0.3, -0.25) is 9.59 Å². The third-order valence-corrected chi connectivity index (χ3v) is 5.18. The van der Waals surface area contributed by atoms with E-state index in [0.29, 0.717) is 28.1 Å². The van der Waals surface area contributed by atoms with Crippen LogP contribution in [0.5, 0.6) is 0 Å².